The van der Waals surface area contributed by atoms with Crippen LogP contribution in [0.3, 0.4) is 0 Å². The van der Waals surface area contributed by atoms with Gasteiger partial charge in [0.1, 0.15) is 18.8 Å². The van der Waals surface area contributed by atoms with Gasteiger partial charge in [-0.1, -0.05) is 6.07 Å². The maximum atomic E-state index is 5.45. The molecule has 0 unspecified atom stereocenters. The zero-order valence-electron chi connectivity index (χ0n) is 12.2. The highest BCUT2D eigenvalue weighted by Gasteiger charge is 2.13. The lowest BCUT2D eigenvalue weighted by Gasteiger charge is -2.08. The molecule has 0 radical (unpaired) electrons. The third-order valence-corrected chi connectivity index (χ3v) is 3.09. The minimum absolute atomic E-state index is 0.278. The number of anilines is 1. The molecule has 0 aliphatic carbocycles. The number of hydrogen-bond acceptors (Lipinski definition) is 7. The van der Waals surface area contributed by atoms with Gasteiger partial charge >= 0.3 is 0 Å². The van der Waals surface area contributed by atoms with Gasteiger partial charge in [0.2, 0.25) is 12.7 Å². The van der Waals surface area contributed by atoms with Crippen LogP contribution in [-0.2, 0) is 11.3 Å². The predicted molar refractivity (Wildman–Crippen MR) is 79.3 cm³/mol. The van der Waals surface area contributed by atoms with Crippen LogP contribution in [0.5, 0.6) is 17.4 Å². The van der Waals surface area contributed by atoms with Crippen molar-refractivity contribution in [2.75, 3.05) is 32.4 Å². The zero-order valence-corrected chi connectivity index (χ0v) is 12.2. The molecule has 0 fully saturated rings. The molecule has 0 atom stereocenters. The van der Waals surface area contributed by atoms with Gasteiger partial charge in [-0.15, -0.1) is 0 Å². The molecule has 0 bridgehead atoms. The molecule has 1 aliphatic rings. The van der Waals surface area contributed by atoms with Crippen molar-refractivity contribution >= 4 is 5.82 Å². The fraction of sp³-hybridized carbons (Fsp3) is 0.333. The molecule has 7 heteroatoms. The van der Waals surface area contributed by atoms with E-state index in [0.29, 0.717) is 31.5 Å². The van der Waals surface area contributed by atoms with E-state index in [9.17, 15) is 0 Å². The Balaban J connectivity index is 1.58. The van der Waals surface area contributed by atoms with E-state index in [1.54, 1.807) is 13.2 Å². The summed E-state index contributed by atoms with van der Waals surface area (Å²) < 4.78 is 21.0. The number of nitrogens with zero attached hydrogens (tertiary/aromatic N) is 2. The van der Waals surface area contributed by atoms with Crippen molar-refractivity contribution in [3.8, 4) is 17.4 Å². The molecular formula is C15H17N3O4. The van der Waals surface area contributed by atoms with Gasteiger partial charge in [0, 0.05) is 19.7 Å². The highest BCUT2D eigenvalue weighted by molar-refractivity contribution is 5.46. The zero-order chi connectivity index (χ0) is 15.2. The number of ether oxygens (including phenoxy) is 4. The average molecular weight is 303 g/mol. The molecule has 22 heavy (non-hydrogen) atoms. The van der Waals surface area contributed by atoms with Crippen LogP contribution in [0.1, 0.15) is 5.56 Å². The number of rotatable bonds is 7. The molecule has 2 heterocycles. The Kier molecular flexibility index (Phi) is 4.55. The number of fused-ring (bicyclic) bond motifs is 1. The second-order valence-corrected chi connectivity index (χ2v) is 4.62. The van der Waals surface area contributed by atoms with Crippen molar-refractivity contribution in [2.24, 2.45) is 0 Å². The Morgan fingerprint density at radius 2 is 2.05 bits per heavy atom. The lowest BCUT2D eigenvalue weighted by molar-refractivity contribution is 0.143. The molecule has 0 saturated heterocycles. The Morgan fingerprint density at radius 1 is 1.14 bits per heavy atom. The molecular weight excluding hydrogens is 286 g/mol. The van der Waals surface area contributed by atoms with Crippen LogP contribution in [0.15, 0.2) is 30.6 Å². The second kappa shape index (κ2) is 6.95. The van der Waals surface area contributed by atoms with Crippen molar-refractivity contribution in [3.63, 3.8) is 0 Å². The summed E-state index contributed by atoms with van der Waals surface area (Å²) in [5.74, 6) is 2.76. The number of benzene rings is 1. The molecule has 0 spiro atoms. The molecule has 1 aliphatic heterocycles. The van der Waals surface area contributed by atoms with Crippen LogP contribution in [0.4, 0.5) is 5.82 Å². The van der Waals surface area contributed by atoms with Gasteiger partial charge in [-0.05, 0) is 17.7 Å². The first-order valence-electron chi connectivity index (χ1n) is 6.91. The Hall–Kier alpha value is -2.54. The number of methoxy groups -OCH3 is 1. The predicted octanol–water partition coefficient (Wildman–Crippen LogP) is 1.84. The van der Waals surface area contributed by atoms with Crippen molar-refractivity contribution in [2.45, 2.75) is 6.54 Å². The van der Waals surface area contributed by atoms with E-state index in [4.69, 9.17) is 18.9 Å². The van der Waals surface area contributed by atoms with E-state index in [0.717, 1.165) is 17.1 Å². The highest BCUT2D eigenvalue weighted by Crippen LogP contribution is 2.32. The first-order valence-corrected chi connectivity index (χ1v) is 6.91. The van der Waals surface area contributed by atoms with E-state index in [1.165, 1.54) is 6.33 Å². The summed E-state index contributed by atoms with van der Waals surface area (Å²) in [5.41, 5.74) is 1.07. The summed E-state index contributed by atoms with van der Waals surface area (Å²) in [5, 5.41) is 3.22. The van der Waals surface area contributed by atoms with Crippen molar-refractivity contribution in [3.05, 3.63) is 36.2 Å². The molecule has 3 rings (SSSR count). The van der Waals surface area contributed by atoms with Gasteiger partial charge in [-0.2, -0.15) is 0 Å². The fourth-order valence-corrected chi connectivity index (χ4v) is 1.99. The summed E-state index contributed by atoms with van der Waals surface area (Å²) in [6.07, 6.45) is 1.46. The van der Waals surface area contributed by atoms with Crippen LogP contribution in [0.2, 0.25) is 0 Å². The number of hydrogen-bond donors (Lipinski definition) is 1. The van der Waals surface area contributed by atoms with Gasteiger partial charge < -0.3 is 24.3 Å². The minimum atomic E-state index is 0.278. The third kappa shape index (κ3) is 3.56. The Bertz CT molecular complexity index is 636. The summed E-state index contributed by atoms with van der Waals surface area (Å²) >= 11 is 0. The maximum Gasteiger partial charge on any atom is 0.231 e. The molecule has 2 aromatic rings. The third-order valence-electron chi connectivity index (χ3n) is 3.09. The first kappa shape index (κ1) is 14.4. The lowest BCUT2D eigenvalue weighted by atomic mass is 10.2. The molecule has 0 saturated carbocycles. The monoisotopic (exact) mass is 303 g/mol. The van der Waals surface area contributed by atoms with E-state index in [2.05, 4.69) is 15.3 Å². The number of aromatic nitrogens is 2. The maximum absolute atomic E-state index is 5.45. The second-order valence-electron chi connectivity index (χ2n) is 4.62. The molecule has 1 aromatic heterocycles. The van der Waals surface area contributed by atoms with Crippen LogP contribution in [0, 0.1) is 0 Å². The minimum Gasteiger partial charge on any atom is -0.475 e. The van der Waals surface area contributed by atoms with Gasteiger partial charge in [0.05, 0.1) is 6.61 Å². The first-order chi connectivity index (χ1) is 10.8. The largest absolute Gasteiger partial charge is 0.475 e. The van der Waals surface area contributed by atoms with Crippen LogP contribution in [-0.4, -0.2) is 37.1 Å². The van der Waals surface area contributed by atoms with E-state index in [1.807, 2.05) is 18.2 Å². The lowest BCUT2D eigenvalue weighted by Crippen LogP contribution is -2.07. The van der Waals surface area contributed by atoms with E-state index < -0.39 is 0 Å². The van der Waals surface area contributed by atoms with Crippen molar-refractivity contribution in [1.29, 1.82) is 0 Å². The summed E-state index contributed by atoms with van der Waals surface area (Å²) in [6.45, 7) is 1.87. The highest BCUT2D eigenvalue weighted by atomic mass is 16.7. The van der Waals surface area contributed by atoms with E-state index >= 15 is 0 Å². The molecule has 1 aromatic carbocycles. The topological polar surface area (TPSA) is 74.7 Å². The van der Waals surface area contributed by atoms with Crippen molar-refractivity contribution in [1.82, 2.24) is 9.97 Å². The van der Waals surface area contributed by atoms with Crippen LogP contribution in [0.25, 0.3) is 0 Å². The van der Waals surface area contributed by atoms with Crippen LogP contribution >= 0.6 is 0 Å². The number of nitrogens with one attached hydrogen (secondary N) is 1. The normalized spacial score (nSPS) is 12.2. The fourth-order valence-electron chi connectivity index (χ4n) is 1.99. The molecule has 1 N–H and O–H groups in total. The summed E-state index contributed by atoms with van der Waals surface area (Å²) in [4.78, 5) is 8.21. The summed E-state index contributed by atoms with van der Waals surface area (Å²) in [7, 11) is 1.63. The Labute approximate surface area is 128 Å². The summed E-state index contributed by atoms with van der Waals surface area (Å²) in [6, 6.07) is 7.59. The average Bonchev–Trinajstić information content (AvgIpc) is 3.01. The molecule has 7 nitrogen and oxygen atoms in total. The van der Waals surface area contributed by atoms with Gasteiger partial charge in [-0.25, -0.2) is 9.97 Å². The smallest absolute Gasteiger partial charge is 0.231 e. The quantitative estimate of drug-likeness (QED) is 0.782. The SMILES string of the molecule is COCCOc1cc(NCc2ccc3c(c2)OCO3)ncn1. The molecule has 0 amide bonds. The Morgan fingerprint density at radius 3 is 2.95 bits per heavy atom. The van der Waals surface area contributed by atoms with Crippen LogP contribution < -0.4 is 19.5 Å². The standard InChI is InChI=1S/C15H17N3O4/c1-19-4-5-20-15-7-14(17-9-18-15)16-8-11-2-3-12-13(6-11)22-10-21-12/h2-3,6-7,9H,4-5,8,10H2,1H3,(H,16,17,18). The van der Waals surface area contributed by atoms with Gasteiger partial charge in [0.15, 0.2) is 11.5 Å². The van der Waals surface area contributed by atoms with Gasteiger partial charge in [0.25, 0.3) is 0 Å². The van der Waals surface area contributed by atoms with E-state index in [-0.39, 0.29) is 6.79 Å². The van der Waals surface area contributed by atoms with Crippen molar-refractivity contribution < 1.29 is 18.9 Å². The van der Waals surface area contributed by atoms with Gasteiger partial charge in [-0.3, -0.25) is 0 Å². The molecule has 116 valence electrons.